The molecule has 0 unspecified atom stereocenters. The largest absolute Gasteiger partial charge is 0.354 e. The minimum Gasteiger partial charge on any atom is -0.354 e. The van der Waals surface area contributed by atoms with Crippen molar-refractivity contribution in [2.45, 2.75) is 37.8 Å². The molecule has 0 aliphatic carbocycles. The third kappa shape index (κ3) is 2.75. The second-order valence-electron chi connectivity index (χ2n) is 6.22. The summed E-state index contributed by atoms with van der Waals surface area (Å²) in [7, 11) is 0. The van der Waals surface area contributed by atoms with Crippen molar-refractivity contribution in [3.05, 3.63) is 30.4 Å². The Morgan fingerprint density at radius 2 is 2.21 bits per heavy atom. The van der Waals surface area contributed by atoms with Gasteiger partial charge in [-0.05, 0) is 25.0 Å². The lowest BCUT2D eigenvalue weighted by molar-refractivity contribution is -0.133. The number of fused-ring (bicyclic) bond motifs is 2. The summed E-state index contributed by atoms with van der Waals surface area (Å²) in [6.45, 7) is 0.540. The van der Waals surface area contributed by atoms with Crippen molar-refractivity contribution >= 4 is 11.8 Å². The van der Waals surface area contributed by atoms with Gasteiger partial charge in [0.1, 0.15) is 5.82 Å². The van der Waals surface area contributed by atoms with Crippen LogP contribution in [0.1, 0.15) is 25.1 Å². The van der Waals surface area contributed by atoms with E-state index in [2.05, 4.69) is 25.5 Å². The van der Waals surface area contributed by atoms with Gasteiger partial charge in [-0.3, -0.25) is 19.7 Å². The molecule has 24 heavy (non-hydrogen) atoms. The van der Waals surface area contributed by atoms with Gasteiger partial charge in [0.25, 0.3) is 0 Å². The number of nitrogens with zero attached hydrogens (tertiary/aromatic N) is 4. The van der Waals surface area contributed by atoms with Gasteiger partial charge >= 0.3 is 0 Å². The van der Waals surface area contributed by atoms with E-state index >= 15 is 0 Å². The van der Waals surface area contributed by atoms with Gasteiger partial charge in [-0.2, -0.15) is 5.10 Å². The lowest BCUT2D eigenvalue weighted by atomic mass is 10.1. The molecule has 0 saturated carbocycles. The highest BCUT2D eigenvalue weighted by Gasteiger charge is 2.40. The van der Waals surface area contributed by atoms with E-state index in [0.717, 1.165) is 18.4 Å². The summed E-state index contributed by atoms with van der Waals surface area (Å²) in [4.78, 5) is 34.7. The number of aromatic nitrogens is 4. The van der Waals surface area contributed by atoms with E-state index in [1.807, 2.05) is 17.0 Å². The smallest absolute Gasteiger partial charge is 0.230 e. The summed E-state index contributed by atoms with van der Waals surface area (Å²) in [6.07, 6.45) is 5.75. The molecule has 8 heteroatoms. The Kier molecular flexibility index (Phi) is 3.72. The molecule has 4 heterocycles. The molecule has 0 spiro atoms. The highest BCUT2D eigenvalue weighted by molar-refractivity contribution is 5.82. The van der Waals surface area contributed by atoms with Crippen LogP contribution in [0.3, 0.4) is 0 Å². The van der Waals surface area contributed by atoms with Crippen molar-refractivity contribution in [1.29, 1.82) is 0 Å². The van der Waals surface area contributed by atoms with Gasteiger partial charge in [0.15, 0.2) is 5.82 Å². The van der Waals surface area contributed by atoms with Crippen LogP contribution in [0.25, 0.3) is 11.4 Å². The van der Waals surface area contributed by atoms with Gasteiger partial charge in [0.05, 0.1) is 6.42 Å². The first-order valence-corrected chi connectivity index (χ1v) is 8.10. The van der Waals surface area contributed by atoms with Crippen molar-refractivity contribution in [2.75, 3.05) is 6.54 Å². The Hall–Kier alpha value is -2.77. The highest BCUT2D eigenvalue weighted by atomic mass is 16.2. The van der Waals surface area contributed by atoms with Crippen LogP contribution in [0.15, 0.2) is 24.5 Å². The maximum Gasteiger partial charge on any atom is 0.230 e. The topological polar surface area (TPSA) is 104 Å². The molecule has 4 rings (SSSR count). The van der Waals surface area contributed by atoms with Crippen molar-refractivity contribution in [3.8, 4) is 11.4 Å². The number of carbonyl (C=O) groups excluding carboxylic acids is 2. The van der Waals surface area contributed by atoms with E-state index in [0.29, 0.717) is 24.6 Å². The zero-order valence-corrected chi connectivity index (χ0v) is 13.1. The molecule has 2 aliphatic rings. The molecular weight excluding hydrogens is 308 g/mol. The maximum atomic E-state index is 12.7. The molecule has 2 amide bonds. The van der Waals surface area contributed by atoms with E-state index < -0.39 is 0 Å². The standard InChI is InChI=1S/C16H18N6O2/c23-14-6-11-3-4-12(9-18-14)22(11)15(24)7-13-19-16(21-20-13)10-2-1-5-17-8-10/h1-2,5,8,11-12H,3-4,6-7,9H2,(H,18,23)(H,19,20,21)/t11-,12+/m0/s1. The number of hydrogen-bond acceptors (Lipinski definition) is 5. The minimum absolute atomic E-state index is 0.00529. The molecule has 8 nitrogen and oxygen atoms in total. The first-order valence-electron chi connectivity index (χ1n) is 8.10. The number of aromatic amines is 1. The molecule has 2 aromatic heterocycles. The fraction of sp³-hybridized carbons (Fsp3) is 0.438. The van der Waals surface area contributed by atoms with Crippen LogP contribution in [0.5, 0.6) is 0 Å². The SMILES string of the molecule is O=C1C[C@@H]2CC[C@H](CN1)N2C(=O)Cc1nc(-c2cccnc2)n[nH]1. The Morgan fingerprint density at radius 3 is 3.04 bits per heavy atom. The van der Waals surface area contributed by atoms with Crippen LogP contribution < -0.4 is 5.32 Å². The van der Waals surface area contributed by atoms with Gasteiger partial charge in [0, 0.05) is 43.0 Å². The van der Waals surface area contributed by atoms with E-state index in [9.17, 15) is 9.59 Å². The van der Waals surface area contributed by atoms with Crippen LogP contribution in [-0.4, -0.2) is 55.5 Å². The number of nitrogens with one attached hydrogen (secondary N) is 2. The fourth-order valence-corrected chi connectivity index (χ4v) is 3.52. The third-order valence-electron chi connectivity index (χ3n) is 4.63. The number of carbonyl (C=O) groups is 2. The predicted molar refractivity (Wildman–Crippen MR) is 84.6 cm³/mol. The van der Waals surface area contributed by atoms with Crippen LogP contribution in [-0.2, 0) is 16.0 Å². The number of rotatable bonds is 3. The molecule has 2 saturated heterocycles. The molecule has 2 aromatic rings. The van der Waals surface area contributed by atoms with Crippen LogP contribution in [0.2, 0.25) is 0 Å². The van der Waals surface area contributed by atoms with Crippen molar-refractivity contribution in [2.24, 2.45) is 0 Å². The van der Waals surface area contributed by atoms with Crippen LogP contribution in [0.4, 0.5) is 0 Å². The second-order valence-corrected chi connectivity index (χ2v) is 6.22. The van der Waals surface area contributed by atoms with Gasteiger partial charge in [-0.25, -0.2) is 4.98 Å². The Bertz CT molecular complexity index is 759. The average Bonchev–Trinajstić information content (AvgIpc) is 3.16. The van der Waals surface area contributed by atoms with Gasteiger partial charge < -0.3 is 10.2 Å². The fourth-order valence-electron chi connectivity index (χ4n) is 3.52. The normalized spacial score (nSPS) is 23.0. The summed E-state index contributed by atoms with van der Waals surface area (Å²) in [6, 6.07) is 3.78. The Balaban J connectivity index is 1.49. The Labute approximate surface area is 138 Å². The summed E-state index contributed by atoms with van der Waals surface area (Å²) >= 11 is 0. The molecule has 2 aliphatic heterocycles. The van der Waals surface area contributed by atoms with Crippen molar-refractivity contribution in [1.82, 2.24) is 30.4 Å². The zero-order valence-electron chi connectivity index (χ0n) is 13.1. The van der Waals surface area contributed by atoms with Crippen LogP contribution >= 0.6 is 0 Å². The number of H-pyrrole nitrogens is 1. The van der Waals surface area contributed by atoms with E-state index in [-0.39, 0.29) is 30.3 Å². The van der Waals surface area contributed by atoms with Gasteiger partial charge in [-0.1, -0.05) is 0 Å². The second kappa shape index (κ2) is 6.03. The van der Waals surface area contributed by atoms with Crippen molar-refractivity contribution < 1.29 is 9.59 Å². The minimum atomic E-state index is -0.00659. The van der Waals surface area contributed by atoms with E-state index in [1.165, 1.54) is 0 Å². The Morgan fingerprint density at radius 1 is 1.33 bits per heavy atom. The summed E-state index contributed by atoms with van der Waals surface area (Å²) in [5, 5.41) is 9.86. The number of hydrogen-bond donors (Lipinski definition) is 2. The summed E-state index contributed by atoms with van der Waals surface area (Å²) in [5.41, 5.74) is 0.803. The van der Waals surface area contributed by atoms with Gasteiger partial charge in [-0.15, -0.1) is 0 Å². The van der Waals surface area contributed by atoms with Crippen LogP contribution in [0, 0.1) is 0 Å². The summed E-state index contributed by atoms with van der Waals surface area (Å²) < 4.78 is 0. The molecular formula is C16H18N6O2. The first kappa shape index (κ1) is 14.8. The monoisotopic (exact) mass is 326 g/mol. The van der Waals surface area contributed by atoms with E-state index in [1.54, 1.807) is 12.4 Å². The highest BCUT2D eigenvalue weighted by Crippen LogP contribution is 2.28. The summed E-state index contributed by atoms with van der Waals surface area (Å²) in [5.74, 6) is 1.08. The maximum absolute atomic E-state index is 12.7. The number of pyridine rings is 1. The number of amides is 2. The lowest BCUT2D eigenvalue weighted by Crippen LogP contribution is -2.43. The molecule has 2 fully saturated rings. The molecule has 0 radical (unpaired) electrons. The molecule has 2 bridgehead atoms. The van der Waals surface area contributed by atoms with E-state index in [4.69, 9.17) is 0 Å². The zero-order chi connectivity index (χ0) is 16.5. The quantitative estimate of drug-likeness (QED) is 0.843. The van der Waals surface area contributed by atoms with Gasteiger partial charge in [0.2, 0.25) is 11.8 Å². The lowest BCUT2D eigenvalue weighted by Gasteiger charge is -2.27. The molecule has 124 valence electrons. The average molecular weight is 326 g/mol. The third-order valence-corrected chi connectivity index (χ3v) is 4.63. The first-order chi connectivity index (χ1) is 11.7. The predicted octanol–water partition coefficient (Wildman–Crippen LogP) is 0.289. The molecule has 2 atom stereocenters. The molecule has 0 aromatic carbocycles. The van der Waals surface area contributed by atoms with Crippen molar-refractivity contribution in [3.63, 3.8) is 0 Å². The molecule has 2 N–H and O–H groups in total.